The van der Waals surface area contributed by atoms with Gasteiger partial charge >= 0.3 is 6.18 Å². The zero-order valence-corrected chi connectivity index (χ0v) is 18.4. The Morgan fingerprint density at radius 3 is 2.38 bits per heavy atom. The van der Waals surface area contributed by atoms with E-state index < -0.39 is 24.8 Å². The van der Waals surface area contributed by atoms with Crippen molar-refractivity contribution in [2.75, 3.05) is 36.0 Å². The predicted molar refractivity (Wildman–Crippen MR) is 114 cm³/mol. The number of rotatable bonds is 4. The van der Waals surface area contributed by atoms with Crippen molar-refractivity contribution in [2.45, 2.75) is 45.3 Å². The highest BCUT2D eigenvalue weighted by Gasteiger charge is 2.42. The van der Waals surface area contributed by atoms with Crippen molar-refractivity contribution in [2.24, 2.45) is 5.41 Å². The molecule has 5 heterocycles. The lowest BCUT2D eigenvalue weighted by molar-refractivity contribution is -0.141. The number of halogens is 5. The summed E-state index contributed by atoms with van der Waals surface area (Å²) < 4.78 is 65.6. The molecule has 0 aliphatic carbocycles. The Morgan fingerprint density at radius 2 is 1.74 bits per heavy atom. The summed E-state index contributed by atoms with van der Waals surface area (Å²) in [4.78, 5) is 13.0. The van der Waals surface area contributed by atoms with Crippen molar-refractivity contribution in [1.82, 2.24) is 29.9 Å². The molecule has 0 unspecified atom stereocenters. The lowest BCUT2D eigenvalue weighted by atomic mass is 9.78. The van der Waals surface area contributed by atoms with Gasteiger partial charge in [-0.1, -0.05) is 0 Å². The first-order valence-corrected chi connectivity index (χ1v) is 11.0. The minimum atomic E-state index is -4.52. The SMILES string of the molecule is Cc1cc(C(F)(F)F)nnc1N1CCC2(CCN(c3cnc4cnn(CC(F)F)c4n3)CC2)C1. The van der Waals surface area contributed by atoms with Crippen molar-refractivity contribution in [3.63, 3.8) is 0 Å². The summed E-state index contributed by atoms with van der Waals surface area (Å²) in [6.07, 6.45) is -1.34. The van der Waals surface area contributed by atoms with Crippen LogP contribution >= 0.6 is 0 Å². The standard InChI is InChI=1S/C21H23F5N8/c1-13-8-15(21(24,25)26)30-31-18(13)33-7-4-20(12-33)2-5-32(6-3-20)17-10-27-14-9-28-34(11-16(22)23)19(14)29-17/h8-10,16H,2-7,11-12H2,1H3. The summed E-state index contributed by atoms with van der Waals surface area (Å²) in [6, 6.07) is 1.05. The second-order valence-electron chi connectivity index (χ2n) is 9.05. The fraction of sp³-hybridized carbons (Fsp3) is 0.571. The van der Waals surface area contributed by atoms with Gasteiger partial charge in [0.2, 0.25) is 0 Å². The van der Waals surface area contributed by atoms with E-state index in [2.05, 4.69) is 30.2 Å². The molecule has 2 aliphatic rings. The molecule has 3 aromatic heterocycles. The number of hydrogen-bond acceptors (Lipinski definition) is 7. The maximum Gasteiger partial charge on any atom is 0.435 e. The van der Waals surface area contributed by atoms with Crippen molar-refractivity contribution < 1.29 is 22.0 Å². The largest absolute Gasteiger partial charge is 0.435 e. The first-order valence-electron chi connectivity index (χ1n) is 11.0. The van der Waals surface area contributed by atoms with Crippen LogP contribution in [0.2, 0.25) is 0 Å². The summed E-state index contributed by atoms with van der Waals surface area (Å²) in [6.45, 7) is 3.93. The molecule has 0 radical (unpaired) electrons. The fourth-order valence-corrected chi connectivity index (χ4v) is 4.92. The van der Waals surface area contributed by atoms with Gasteiger partial charge in [0.15, 0.2) is 17.2 Å². The van der Waals surface area contributed by atoms with Gasteiger partial charge in [0.25, 0.3) is 6.43 Å². The maximum absolute atomic E-state index is 12.9. The Hall–Kier alpha value is -3.12. The van der Waals surface area contributed by atoms with E-state index in [0.29, 0.717) is 54.5 Å². The lowest BCUT2D eigenvalue weighted by Gasteiger charge is -2.39. The molecule has 8 nitrogen and oxygen atoms in total. The first-order chi connectivity index (χ1) is 16.1. The van der Waals surface area contributed by atoms with Crippen LogP contribution in [0.25, 0.3) is 11.2 Å². The Labute approximate surface area is 191 Å². The summed E-state index contributed by atoms with van der Waals surface area (Å²) in [7, 11) is 0. The molecular formula is C21H23F5N8. The van der Waals surface area contributed by atoms with E-state index in [1.54, 1.807) is 13.1 Å². The van der Waals surface area contributed by atoms with Crippen LogP contribution in [0, 0.1) is 12.3 Å². The van der Waals surface area contributed by atoms with Crippen LogP contribution < -0.4 is 9.80 Å². The third-order valence-electron chi connectivity index (χ3n) is 6.78. The monoisotopic (exact) mass is 482 g/mol. The zero-order chi connectivity index (χ0) is 24.1. The topological polar surface area (TPSA) is 75.9 Å². The summed E-state index contributed by atoms with van der Waals surface area (Å²) >= 11 is 0. The van der Waals surface area contributed by atoms with Gasteiger partial charge < -0.3 is 9.80 Å². The van der Waals surface area contributed by atoms with Crippen LogP contribution in [-0.4, -0.2) is 62.6 Å². The van der Waals surface area contributed by atoms with Gasteiger partial charge in [-0.05, 0) is 43.2 Å². The average molecular weight is 482 g/mol. The third-order valence-corrected chi connectivity index (χ3v) is 6.78. The van der Waals surface area contributed by atoms with Gasteiger partial charge in [0.1, 0.15) is 17.9 Å². The van der Waals surface area contributed by atoms with Crippen LogP contribution in [0.1, 0.15) is 30.5 Å². The molecule has 0 N–H and O–H groups in total. The van der Waals surface area contributed by atoms with Crippen LogP contribution in [-0.2, 0) is 12.7 Å². The quantitative estimate of drug-likeness (QED) is 0.525. The lowest BCUT2D eigenvalue weighted by Crippen LogP contribution is -2.42. The number of hydrogen-bond donors (Lipinski definition) is 0. The predicted octanol–water partition coefficient (Wildman–Crippen LogP) is 3.71. The zero-order valence-electron chi connectivity index (χ0n) is 18.4. The Balaban J connectivity index is 1.27. The number of alkyl halides is 5. The van der Waals surface area contributed by atoms with Gasteiger partial charge in [-0.15, -0.1) is 10.2 Å². The molecule has 2 aliphatic heterocycles. The average Bonchev–Trinajstić information content (AvgIpc) is 3.37. The normalized spacial score (nSPS) is 18.6. The molecule has 0 saturated carbocycles. The van der Waals surface area contributed by atoms with E-state index in [-0.39, 0.29) is 5.41 Å². The molecule has 1 spiro atoms. The molecule has 0 amide bonds. The summed E-state index contributed by atoms with van der Waals surface area (Å²) in [5.74, 6) is 1.12. The highest BCUT2D eigenvalue weighted by Crippen LogP contribution is 2.43. The molecule has 3 aromatic rings. The smallest absolute Gasteiger partial charge is 0.355 e. The highest BCUT2D eigenvalue weighted by atomic mass is 19.4. The highest BCUT2D eigenvalue weighted by molar-refractivity contribution is 5.71. The van der Waals surface area contributed by atoms with Crippen molar-refractivity contribution in [1.29, 1.82) is 0 Å². The van der Waals surface area contributed by atoms with Gasteiger partial charge in [0.05, 0.1) is 12.4 Å². The molecular weight excluding hydrogens is 459 g/mol. The Morgan fingerprint density at radius 1 is 1.03 bits per heavy atom. The molecule has 0 atom stereocenters. The van der Waals surface area contributed by atoms with Gasteiger partial charge in [-0.2, -0.15) is 18.3 Å². The van der Waals surface area contributed by atoms with E-state index in [0.717, 1.165) is 25.3 Å². The van der Waals surface area contributed by atoms with Gasteiger partial charge in [-0.3, -0.25) is 0 Å². The number of aryl methyl sites for hydroxylation is 1. The molecule has 5 rings (SSSR count). The van der Waals surface area contributed by atoms with Crippen LogP contribution in [0.4, 0.5) is 33.6 Å². The van der Waals surface area contributed by atoms with Crippen molar-refractivity contribution in [3.05, 3.63) is 29.7 Å². The second-order valence-corrected chi connectivity index (χ2v) is 9.05. The molecule has 0 bridgehead atoms. The minimum absolute atomic E-state index is 0.0301. The number of anilines is 2. The van der Waals surface area contributed by atoms with Crippen LogP contribution in [0.3, 0.4) is 0 Å². The minimum Gasteiger partial charge on any atom is -0.355 e. The third kappa shape index (κ3) is 4.23. The Bertz CT molecular complexity index is 1190. The molecule has 2 saturated heterocycles. The number of fused-ring (bicyclic) bond motifs is 1. The Kier molecular flexibility index (Phi) is 5.52. The number of aromatic nitrogens is 6. The maximum atomic E-state index is 12.9. The van der Waals surface area contributed by atoms with Crippen molar-refractivity contribution in [3.8, 4) is 0 Å². The fourth-order valence-electron chi connectivity index (χ4n) is 4.92. The molecule has 13 heteroatoms. The van der Waals surface area contributed by atoms with E-state index in [9.17, 15) is 22.0 Å². The van der Waals surface area contributed by atoms with Gasteiger partial charge in [0, 0.05) is 26.2 Å². The van der Waals surface area contributed by atoms with E-state index in [1.165, 1.54) is 10.9 Å². The molecule has 34 heavy (non-hydrogen) atoms. The molecule has 2 fully saturated rings. The van der Waals surface area contributed by atoms with Crippen LogP contribution in [0.5, 0.6) is 0 Å². The number of nitrogens with zero attached hydrogens (tertiary/aromatic N) is 8. The number of piperidine rings is 1. The molecule has 182 valence electrons. The second kappa shape index (κ2) is 8.27. The van der Waals surface area contributed by atoms with Crippen molar-refractivity contribution >= 4 is 22.8 Å². The van der Waals surface area contributed by atoms with E-state index in [1.807, 2.05) is 4.90 Å². The first kappa shape index (κ1) is 22.7. The molecule has 0 aromatic carbocycles. The van der Waals surface area contributed by atoms with Gasteiger partial charge in [-0.25, -0.2) is 23.4 Å². The van der Waals surface area contributed by atoms with E-state index in [4.69, 9.17) is 0 Å². The summed E-state index contributed by atoms with van der Waals surface area (Å²) in [5.41, 5.74) is 0.311. The van der Waals surface area contributed by atoms with Crippen LogP contribution in [0.15, 0.2) is 18.5 Å². The summed E-state index contributed by atoms with van der Waals surface area (Å²) in [5, 5.41) is 11.2. The van der Waals surface area contributed by atoms with E-state index >= 15 is 0 Å².